The van der Waals surface area contributed by atoms with Crippen molar-refractivity contribution in [2.75, 3.05) is 113 Å². The minimum absolute atomic E-state index is 0.0141. The molecule has 0 atom stereocenters. The van der Waals surface area contributed by atoms with Gasteiger partial charge in [0.05, 0.1) is 26.4 Å². The molecule has 2 aliphatic rings. The van der Waals surface area contributed by atoms with Crippen molar-refractivity contribution in [3.63, 3.8) is 0 Å². The molecular weight excluding hydrogens is 564 g/mol. The van der Waals surface area contributed by atoms with E-state index in [9.17, 15) is 27.8 Å². The molecule has 236 valence electrons. The summed E-state index contributed by atoms with van der Waals surface area (Å²) in [4.78, 5) is 26.0. The number of fused-ring (bicyclic) bond motifs is 1. The maximum atomic E-state index is 14.2. The number of piperidine rings is 2. The zero-order valence-electron chi connectivity index (χ0n) is 24.1. The second kappa shape index (κ2) is 14.1. The molecule has 2 saturated heterocycles. The van der Waals surface area contributed by atoms with Crippen LogP contribution in [0.5, 0.6) is 0 Å². The lowest BCUT2D eigenvalue weighted by Gasteiger charge is -2.35. The molecule has 0 unspecified atom stereocenters. The molecule has 2 aliphatic heterocycles. The van der Waals surface area contributed by atoms with Crippen LogP contribution in [-0.4, -0.2) is 135 Å². The highest BCUT2D eigenvalue weighted by molar-refractivity contribution is 5.95. The third kappa shape index (κ3) is 7.76. The summed E-state index contributed by atoms with van der Waals surface area (Å²) in [7, 11) is 3.14. The Morgan fingerprint density at radius 3 is 1.33 bits per heavy atom. The molecule has 2 N–H and O–H groups in total. The highest BCUT2D eigenvalue weighted by atomic mass is 19.3. The Morgan fingerprint density at radius 2 is 1.00 bits per heavy atom. The largest absolute Gasteiger partial charge is 0.395 e. The van der Waals surface area contributed by atoms with Gasteiger partial charge in [0.2, 0.25) is 11.9 Å². The molecule has 42 heavy (non-hydrogen) atoms. The monoisotopic (exact) mass is 604 g/mol. The fourth-order valence-electron chi connectivity index (χ4n) is 5.05. The van der Waals surface area contributed by atoms with Gasteiger partial charge in [-0.15, -0.1) is 0 Å². The highest BCUT2D eigenvalue weighted by Crippen LogP contribution is 2.38. The minimum Gasteiger partial charge on any atom is -0.395 e. The molecule has 12 nitrogen and oxygen atoms in total. The number of nitrogens with zero attached hydrogens (tertiary/aromatic N) is 8. The zero-order valence-corrected chi connectivity index (χ0v) is 24.1. The molecule has 0 radical (unpaired) electrons. The smallest absolute Gasteiger partial charge is 0.251 e. The Hall–Kier alpha value is -2.82. The van der Waals surface area contributed by atoms with Gasteiger partial charge in [-0.25, -0.2) is 27.5 Å². The van der Waals surface area contributed by atoms with Crippen molar-refractivity contribution in [1.29, 1.82) is 0 Å². The zero-order chi connectivity index (χ0) is 30.3. The maximum absolute atomic E-state index is 14.2. The fraction of sp³-hybridized carbons (Fsp3) is 0.769. The first-order chi connectivity index (χ1) is 20.1. The van der Waals surface area contributed by atoms with Crippen LogP contribution < -0.4 is 19.6 Å². The van der Waals surface area contributed by atoms with E-state index < -0.39 is 11.8 Å². The third-order valence-electron chi connectivity index (χ3n) is 7.51. The molecule has 0 spiro atoms. The van der Waals surface area contributed by atoms with E-state index in [4.69, 9.17) is 29.4 Å². The van der Waals surface area contributed by atoms with Crippen LogP contribution in [0.15, 0.2) is 0 Å². The Kier molecular flexibility index (Phi) is 10.8. The number of anilines is 4. The van der Waals surface area contributed by atoms with Crippen molar-refractivity contribution in [2.24, 2.45) is 0 Å². The third-order valence-corrected chi connectivity index (χ3v) is 7.51. The van der Waals surface area contributed by atoms with Crippen LogP contribution in [0.2, 0.25) is 0 Å². The SMILES string of the molecule is COCCN(CCOC)c1nc(N2CCC(F)(F)CC2)c2nc(N(CCO)CCO)nc(N3CCC(F)(F)CC3)c2n1. The van der Waals surface area contributed by atoms with Gasteiger partial charge < -0.3 is 39.3 Å². The van der Waals surface area contributed by atoms with Crippen molar-refractivity contribution in [3.05, 3.63) is 0 Å². The van der Waals surface area contributed by atoms with Gasteiger partial charge >= 0.3 is 0 Å². The van der Waals surface area contributed by atoms with E-state index in [0.717, 1.165) is 0 Å². The summed E-state index contributed by atoms with van der Waals surface area (Å²) in [6.07, 6.45) is -1.47. The van der Waals surface area contributed by atoms with Crippen molar-refractivity contribution in [3.8, 4) is 0 Å². The second-order valence-electron chi connectivity index (χ2n) is 10.5. The molecule has 4 heterocycles. The number of ether oxygens (including phenoxy) is 2. The predicted molar refractivity (Wildman–Crippen MR) is 150 cm³/mol. The van der Waals surface area contributed by atoms with Gasteiger partial charge in [0, 0.05) is 92.3 Å². The Labute approximate surface area is 242 Å². The minimum atomic E-state index is -2.80. The molecule has 0 amide bonds. The number of hydrogen-bond acceptors (Lipinski definition) is 12. The number of halogens is 4. The number of methoxy groups -OCH3 is 2. The summed E-state index contributed by atoms with van der Waals surface area (Å²) < 4.78 is 67.2. The molecule has 2 fully saturated rings. The van der Waals surface area contributed by atoms with E-state index in [1.165, 1.54) is 0 Å². The molecule has 0 bridgehead atoms. The van der Waals surface area contributed by atoms with E-state index in [2.05, 4.69) is 0 Å². The first-order valence-corrected chi connectivity index (χ1v) is 14.2. The maximum Gasteiger partial charge on any atom is 0.251 e. The predicted octanol–water partition coefficient (Wildman–Crippen LogP) is 1.78. The number of aliphatic hydroxyl groups is 2. The lowest BCUT2D eigenvalue weighted by Crippen LogP contribution is -2.41. The van der Waals surface area contributed by atoms with E-state index in [1.54, 1.807) is 28.9 Å². The van der Waals surface area contributed by atoms with Gasteiger partial charge in [0.1, 0.15) is 11.0 Å². The quantitative estimate of drug-likeness (QED) is 0.306. The van der Waals surface area contributed by atoms with E-state index in [0.29, 0.717) is 43.5 Å². The summed E-state index contributed by atoms with van der Waals surface area (Å²) >= 11 is 0. The van der Waals surface area contributed by atoms with E-state index >= 15 is 0 Å². The lowest BCUT2D eigenvalue weighted by atomic mass is 10.1. The number of rotatable bonds is 14. The summed E-state index contributed by atoms with van der Waals surface area (Å²) in [5.41, 5.74) is 0.578. The molecule has 0 aliphatic carbocycles. The van der Waals surface area contributed by atoms with Gasteiger partial charge in [0.15, 0.2) is 11.6 Å². The average molecular weight is 605 g/mol. The number of aliphatic hydroxyl groups excluding tert-OH is 2. The van der Waals surface area contributed by atoms with E-state index in [1.807, 2.05) is 4.90 Å². The summed E-state index contributed by atoms with van der Waals surface area (Å²) in [6.45, 7) is 1.34. The van der Waals surface area contributed by atoms with Crippen LogP contribution in [0.25, 0.3) is 11.0 Å². The van der Waals surface area contributed by atoms with Gasteiger partial charge in [-0.05, 0) is 0 Å². The highest BCUT2D eigenvalue weighted by Gasteiger charge is 2.38. The topological polar surface area (TPSA) is 123 Å². The van der Waals surface area contributed by atoms with Crippen LogP contribution in [0.1, 0.15) is 25.7 Å². The molecule has 2 aromatic rings. The van der Waals surface area contributed by atoms with Crippen LogP contribution >= 0.6 is 0 Å². The molecule has 0 aromatic carbocycles. The van der Waals surface area contributed by atoms with E-state index in [-0.39, 0.29) is 95.6 Å². The molecule has 16 heteroatoms. The van der Waals surface area contributed by atoms with Crippen molar-refractivity contribution in [1.82, 2.24) is 19.9 Å². The van der Waals surface area contributed by atoms with Gasteiger partial charge in [-0.3, -0.25) is 0 Å². The Morgan fingerprint density at radius 1 is 0.643 bits per heavy atom. The van der Waals surface area contributed by atoms with Crippen LogP contribution in [0.3, 0.4) is 0 Å². The van der Waals surface area contributed by atoms with Gasteiger partial charge in [0.25, 0.3) is 11.8 Å². The van der Waals surface area contributed by atoms with Crippen LogP contribution in [0.4, 0.5) is 41.1 Å². The fourth-order valence-corrected chi connectivity index (χ4v) is 5.05. The van der Waals surface area contributed by atoms with Gasteiger partial charge in [-0.1, -0.05) is 0 Å². The summed E-state index contributed by atoms with van der Waals surface area (Å²) in [6, 6.07) is 0. The lowest BCUT2D eigenvalue weighted by molar-refractivity contribution is -0.0227. The normalized spacial score (nSPS) is 18.5. The standard InChI is InChI=1S/C26H40F4N8O4/c1-41-17-13-38(14-18-42-2)24-32-20-19(22(34-24)36-9-5-26(29,30)6-10-36)31-23(37(11-15-39)12-16-40)33-21(20)35-7-3-25(27,28)4-8-35/h39-40H,3-18H2,1-2H3. The number of hydrogen-bond donors (Lipinski definition) is 2. The van der Waals surface area contributed by atoms with Crippen molar-refractivity contribution >= 4 is 34.6 Å². The molecule has 0 saturated carbocycles. The average Bonchev–Trinajstić information content (AvgIpc) is 2.96. The molecular formula is C26H40F4N8O4. The van der Waals surface area contributed by atoms with Crippen molar-refractivity contribution < 1.29 is 37.2 Å². The Bertz CT molecular complexity index is 1150. The number of alkyl halides is 4. The first-order valence-electron chi connectivity index (χ1n) is 14.2. The summed E-state index contributed by atoms with van der Waals surface area (Å²) in [5.74, 6) is -4.54. The van der Waals surface area contributed by atoms with Crippen LogP contribution in [-0.2, 0) is 9.47 Å². The van der Waals surface area contributed by atoms with Crippen molar-refractivity contribution in [2.45, 2.75) is 37.5 Å². The first kappa shape index (κ1) is 32.1. The Balaban J connectivity index is 1.93. The number of aromatic nitrogens is 4. The molecule has 2 aromatic heterocycles. The summed E-state index contributed by atoms with van der Waals surface area (Å²) in [5, 5.41) is 19.3. The molecule has 4 rings (SSSR count). The second-order valence-corrected chi connectivity index (χ2v) is 10.5. The van der Waals surface area contributed by atoms with Gasteiger partial charge in [-0.2, -0.15) is 9.97 Å². The van der Waals surface area contributed by atoms with Crippen LogP contribution in [0, 0.1) is 0 Å².